The van der Waals surface area contributed by atoms with E-state index in [1.54, 1.807) is 12.3 Å². The molecular weight excluding hydrogens is 403 g/mol. The molecule has 3 heterocycles. The molecule has 5 rings (SSSR count). The maximum atomic E-state index is 14.2. The highest BCUT2D eigenvalue weighted by molar-refractivity contribution is 6.07. The van der Waals surface area contributed by atoms with Crippen LogP contribution in [0.5, 0.6) is 0 Å². The van der Waals surface area contributed by atoms with Crippen molar-refractivity contribution in [2.75, 3.05) is 49.1 Å². The van der Waals surface area contributed by atoms with Gasteiger partial charge in [0.1, 0.15) is 5.82 Å². The quantitative estimate of drug-likeness (QED) is 0.605. The van der Waals surface area contributed by atoms with E-state index in [-0.39, 0.29) is 11.7 Å². The lowest BCUT2D eigenvalue weighted by molar-refractivity contribution is 0.0724. The van der Waals surface area contributed by atoms with Gasteiger partial charge < -0.3 is 14.7 Å². The van der Waals surface area contributed by atoms with Crippen molar-refractivity contribution < 1.29 is 9.18 Å². The first-order valence-corrected chi connectivity index (χ1v) is 11.5. The summed E-state index contributed by atoms with van der Waals surface area (Å²) in [6.45, 7) is 6.89. The van der Waals surface area contributed by atoms with E-state index in [0.29, 0.717) is 5.56 Å². The molecule has 6 heteroatoms. The van der Waals surface area contributed by atoms with Gasteiger partial charge in [0, 0.05) is 56.5 Å². The van der Waals surface area contributed by atoms with Crippen LogP contribution in [0.1, 0.15) is 35.2 Å². The van der Waals surface area contributed by atoms with Gasteiger partial charge in [0.05, 0.1) is 16.8 Å². The highest BCUT2D eigenvalue weighted by atomic mass is 19.1. The van der Waals surface area contributed by atoms with Gasteiger partial charge in [-0.25, -0.2) is 4.39 Å². The van der Waals surface area contributed by atoms with Crippen LogP contribution in [-0.2, 0) is 0 Å². The van der Waals surface area contributed by atoms with Crippen LogP contribution in [0.2, 0.25) is 0 Å². The second-order valence-corrected chi connectivity index (χ2v) is 8.85. The number of carbonyl (C=O) groups is 1. The molecule has 0 saturated carbocycles. The van der Waals surface area contributed by atoms with Crippen LogP contribution >= 0.6 is 0 Å². The van der Waals surface area contributed by atoms with E-state index in [9.17, 15) is 9.18 Å². The Hall–Kier alpha value is -3.15. The van der Waals surface area contributed by atoms with Crippen LogP contribution in [-0.4, -0.2) is 55.1 Å². The number of pyridine rings is 1. The molecule has 3 aromatic rings. The summed E-state index contributed by atoms with van der Waals surface area (Å²) in [5.41, 5.74) is 4.61. The van der Waals surface area contributed by atoms with Crippen molar-refractivity contribution in [3.8, 4) is 0 Å². The molecule has 2 aliphatic rings. The molecule has 2 fully saturated rings. The van der Waals surface area contributed by atoms with Gasteiger partial charge in [0.2, 0.25) is 0 Å². The van der Waals surface area contributed by atoms with E-state index in [2.05, 4.69) is 46.0 Å². The molecule has 5 nitrogen and oxygen atoms in total. The van der Waals surface area contributed by atoms with E-state index < -0.39 is 0 Å². The molecule has 32 heavy (non-hydrogen) atoms. The van der Waals surface area contributed by atoms with Crippen LogP contribution in [0, 0.1) is 12.7 Å². The number of benzene rings is 2. The average Bonchev–Trinajstić information content (AvgIpc) is 2.83. The lowest BCUT2D eigenvalue weighted by Crippen LogP contribution is -2.47. The third-order valence-electron chi connectivity index (χ3n) is 6.64. The average molecular weight is 433 g/mol. The summed E-state index contributed by atoms with van der Waals surface area (Å²) < 4.78 is 14.2. The first kappa shape index (κ1) is 20.7. The van der Waals surface area contributed by atoms with Crippen LogP contribution in [0.3, 0.4) is 0 Å². The normalized spacial score (nSPS) is 17.1. The first-order chi connectivity index (χ1) is 15.6. The van der Waals surface area contributed by atoms with E-state index in [1.807, 2.05) is 4.90 Å². The zero-order valence-electron chi connectivity index (χ0n) is 18.6. The van der Waals surface area contributed by atoms with Crippen molar-refractivity contribution in [1.82, 2.24) is 9.88 Å². The molecule has 1 aromatic heterocycles. The molecule has 2 aliphatic heterocycles. The van der Waals surface area contributed by atoms with Gasteiger partial charge in [-0.3, -0.25) is 9.78 Å². The number of aryl methyl sites for hydroxylation is 1. The van der Waals surface area contributed by atoms with Gasteiger partial charge in [-0.15, -0.1) is 0 Å². The Morgan fingerprint density at radius 2 is 1.66 bits per heavy atom. The number of aromatic nitrogens is 1. The number of rotatable bonds is 3. The summed E-state index contributed by atoms with van der Waals surface area (Å²) in [5.74, 6) is -0.291. The Balaban J connectivity index is 1.49. The zero-order valence-corrected chi connectivity index (χ0v) is 18.6. The second-order valence-electron chi connectivity index (χ2n) is 8.85. The standard InChI is InChI=1S/C26H29FN4O/c1-19-6-5-7-21(16-19)29-12-14-30(15-13-29)25-22-17-20(27)8-9-24(22)28-18-23(25)26(32)31-10-3-2-4-11-31/h5-9,16-18H,2-4,10-15H2,1H3. The van der Waals surface area contributed by atoms with Crippen molar-refractivity contribution in [1.29, 1.82) is 0 Å². The third kappa shape index (κ3) is 4.01. The molecule has 0 bridgehead atoms. The topological polar surface area (TPSA) is 39.7 Å². The Bertz CT molecular complexity index is 1130. The summed E-state index contributed by atoms with van der Waals surface area (Å²) in [4.78, 5) is 24.5. The van der Waals surface area contributed by atoms with Gasteiger partial charge in [0.25, 0.3) is 5.91 Å². The number of nitrogens with zero attached hydrogens (tertiary/aromatic N) is 4. The van der Waals surface area contributed by atoms with E-state index in [1.165, 1.54) is 29.8 Å². The predicted octanol–water partition coefficient (Wildman–Crippen LogP) is 4.64. The van der Waals surface area contributed by atoms with Crippen LogP contribution in [0.15, 0.2) is 48.7 Å². The Morgan fingerprint density at radius 1 is 0.906 bits per heavy atom. The van der Waals surface area contributed by atoms with Crippen LogP contribution in [0.4, 0.5) is 15.8 Å². The molecule has 0 N–H and O–H groups in total. The number of halogens is 1. The lowest BCUT2D eigenvalue weighted by Gasteiger charge is -2.39. The van der Waals surface area contributed by atoms with Crippen LogP contribution < -0.4 is 9.80 Å². The lowest BCUT2D eigenvalue weighted by atomic mass is 10.0. The van der Waals surface area contributed by atoms with Gasteiger partial charge >= 0.3 is 0 Å². The smallest absolute Gasteiger partial charge is 0.257 e. The van der Waals surface area contributed by atoms with Crippen LogP contribution in [0.25, 0.3) is 10.9 Å². The zero-order chi connectivity index (χ0) is 22.1. The number of likely N-dealkylation sites (tertiary alicyclic amines) is 1. The minimum atomic E-state index is -0.304. The fourth-order valence-corrected chi connectivity index (χ4v) is 4.93. The van der Waals surface area contributed by atoms with Crippen molar-refractivity contribution in [3.05, 3.63) is 65.6 Å². The number of anilines is 2. The third-order valence-corrected chi connectivity index (χ3v) is 6.64. The summed E-state index contributed by atoms with van der Waals surface area (Å²) in [7, 11) is 0. The number of piperidine rings is 1. The second kappa shape index (κ2) is 8.77. The number of hydrogen-bond acceptors (Lipinski definition) is 4. The van der Waals surface area contributed by atoms with E-state index in [4.69, 9.17) is 0 Å². The Labute approximate surface area is 188 Å². The Morgan fingerprint density at radius 3 is 2.41 bits per heavy atom. The van der Waals surface area contributed by atoms with Gasteiger partial charge in [-0.2, -0.15) is 0 Å². The van der Waals surface area contributed by atoms with Gasteiger partial charge in [-0.05, 0) is 62.1 Å². The van der Waals surface area contributed by atoms with Crippen molar-refractivity contribution in [2.45, 2.75) is 26.2 Å². The van der Waals surface area contributed by atoms with E-state index >= 15 is 0 Å². The van der Waals surface area contributed by atoms with Gasteiger partial charge in [-0.1, -0.05) is 12.1 Å². The van der Waals surface area contributed by atoms with Crippen molar-refractivity contribution in [3.63, 3.8) is 0 Å². The molecule has 1 amide bonds. The number of piperazine rings is 1. The van der Waals surface area contributed by atoms with E-state index in [0.717, 1.165) is 68.7 Å². The molecule has 0 atom stereocenters. The number of amides is 1. The van der Waals surface area contributed by atoms with Gasteiger partial charge in [0.15, 0.2) is 0 Å². The molecule has 0 radical (unpaired) electrons. The summed E-state index contributed by atoms with van der Waals surface area (Å²) >= 11 is 0. The first-order valence-electron chi connectivity index (χ1n) is 11.5. The highest BCUT2D eigenvalue weighted by Crippen LogP contribution is 2.33. The molecule has 0 spiro atoms. The number of carbonyl (C=O) groups excluding carboxylic acids is 1. The maximum Gasteiger partial charge on any atom is 0.257 e. The Kier molecular flexibility index (Phi) is 5.68. The summed E-state index contributed by atoms with van der Waals surface area (Å²) in [6.07, 6.45) is 4.93. The highest BCUT2D eigenvalue weighted by Gasteiger charge is 2.27. The maximum absolute atomic E-state index is 14.2. The molecule has 2 aromatic carbocycles. The number of fused-ring (bicyclic) bond motifs is 1. The summed E-state index contributed by atoms with van der Waals surface area (Å²) in [6, 6.07) is 13.2. The minimum Gasteiger partial charge on any atom is -0.368 e. The fourth-order valence-electron chi connectivity index (χ4n) is 4.93. The SMILES string of the molecule is Cc1cccc(N2CCN(c3c(C(=O)N4CCCCC4)cnc4ccc(F)cc34)CC2)c1. The summed E-state index contributed by atoms with van der Waals surface area (Å²) in [5, 5.41) is 0.719. The monoisotopic (exact) mass is 432 g/mol. The molecule has 0 aliphatic carbocycles. The van der Waals surface area contributed by atoms with Crippen molar-refractivity contribution >= 4 is 28.2 Å². The molecule has 2 saturated heterocycles. The number of hydrogen-bond donors (Lipinski definition) is 0. The molecular formula is C26H29FN4O. The fraction of sp³-hybridized carbons (Fsp3) is 0.385. The van der Waals surface area contributed by atoms with Crippen molar-refractivity contribution in [2.24, 2.45) is 0 Å². The molecule has 166 valence electrons. The minimum absolute atomic E-state index is 0.0134. The largest absolute Gasteiger partial charge is 0.368 e. The molecule has 0 unspecified atom stereocenters. The predicted molar refractivity (Wildman–Crippen MR) is 127 cm³/mol.